The summed E-state index contributed by atoms with van der Waals surface area (Å²) in [4.78, 5) is 47.0. The molecule has 2 amide bonds. The Labute approximate surface area is 223 Å². The number of carbonyl (C=O) groups is 3. The smallest absolute Gasteiger partial charge is 0.313 e. The molecule has 6 atom stereocenters. The molecule has 2 unspecified atom stereocenters. The second-order valence-corrected chi connectivity index (χ2v) is 10.7. The molecule has 9 nitrogen and oxygen atoms in total. The van der Waals surface area contributed by atoms with Crippen LogP contribution < -0.4 is 9.80 Å². The van der Waals surface area contributed by atoms with E-state index in [-0.39, 0.29) is 30.9 Å². The lowest BCUT2D eigenvalue weighted by atomic mass is 9.78. The van der Waals surface area contributed by atoms with E-state index in [4.69, 9.17) is 9.47 Å². The molecule has 38 heavy (non-hydrogen) atoms. The van der Waals surface area contributed by atoms with Crippen LogP contribution in [0, 0.1) is 17.8 Å². The van der Waals surface area contributed by atoms with Crippen molar-refractivity contribution in [2.24, 2.45) is 17.8 Å². The standard InChI is InChI=1S/C29H37N3O6/c1-5-30(6-2)19-10-12-20(13-11-19)31-15-8-14-29-24(23-22(38-29)9-7-16-37-28(23)36)26(34)32(25(29)27(31)35)21(17-33)18(3)4/h7-14,18,21-25,33H,5-6,15-17H2,1-4H3/t21?,22-,23+,24+,25-,29?/m1/s1. The average Bonchev–Trinajstić information content (AvgIpc) is 3.20. The lowest BCUT2D eigenvalue weighted by Gasteiger charge is -2.39. The summed E-state index contributed by atoms with van der Waals surface area (Å²) in [6.07, 6.45) is 6.45. The maximum Gasteiger partial charge on any atom is 0.313 e. The highest BCUT2D eigenvalue weighted by Gasteiger charge is 2.72. The number of benzene rings is 1. The molecule has 1 aromatic carbocycles. The normalized spacial score (nSPS) is 31.1. The first-order chi connectivity index (χ1) is 18.3. The largest absolute Gasteiger partial charge is 0.461 e. The van der Waals surface area contributed by atoms with Gasteiger partial charge in [-0.25, -0.2) is 0 Å². The Morgan fingerprint density at radius 3 is 2.42 bits per heavy atom. The highest BCUT2D eigenvalue weighted by molar-refractivity contribution is 6.05. The van der Waals surface area contributed by atoms with Crippen LogP contribution in [0.5, 0.6) is 0 Å². The number of nitrogens with zero attached hydrogens (tertiary/aromatic N) is 3. The van der Waals surface area contributed by atoms with Crippen molar-refractivity contribution in [1.29, 1.82) is 0 Å². The summed E-state index contributed by atoms with van der Waals surface area (Å²) in [5.41, 5.74) is 0.429. The van der Waals surface area contributed by atoms with E-state index in [9.17, 15) is 19.5 Å². The summed E-state index contributed by atoms with van der Waals surface area (Å²) in [7, 11) is 0. The van der Waals surface area contributed by atoms with E-state index in [0.29, 0.717) is 12.2 Å². The molecule has 2 fully saturated rings. The van der Waals surface area contributed by atoms with Crippen molar-refractivity contribution >= 4 is 29.2 Å². The van der Waals surface area contributed by atoms with E-state index in [0.717, 1.165) is 18.8 Å². The third-order valence-electron chi connectivity index (χ3n) is 8.46. The van der Waals surface area contributed by atoms with Crippen LogP contribution in [-0.2, 0) is 23.9 Å². The Kier molecular flexibility index (Phi) is 7.09. The molecule has 4 aliphatic heterocycles. The Hall–Kier alpha value is -3.17. The number of aliphatic hydroxyl groups is 1. The van der Waals surface area contributed by atoms with Crippen LogP contribution in [0.3, 0.4) is 0 Å². The SMILES string of the molecule is CCN(CC)c1ccc(N2CC=CC34O[C@@H]5C=CCOC(=O)[C@@H]5[C@H]3C(=O)N(C(CO)C(C)C)[C@@H]4C2=O)cc1. The van der Waals surface area contributed by atoms with Crippen LogP contribution in [0.4, 0.5) is 11.4 Å². The molecule has 0 aliphatic carbocycles. The Morgan fingerprint density at radius 2 is 1.79 bits per heavy atom. The quantitative estimate of drug-likeness (QED) is 0.432. The van der Waals surface area contributed by atoms with Gasteiger partial charge in [-0.2, -0.15) is 0 Å². The molecule has 0 saturated carbocycles. The zero-order chi connectivity index (χ0) is 27.2. The van der Waals surface area contributed by atoms with Gasteiger partial charge in [0.15, 0.2) is 0 Å². The van der Waals surface area contributed by atoms with Crippen LogP contribution in [0.15, 0.2) is 48.6 Å². The topological polar surface area (TPSA) is 99.6 Å². The van der Waals surface area contributed by atoms with Crippen molar-refractivity contribution in [2.75, 3.05) is 42.6 Å². The molecular formula is C29H37N3O6. The first kappa shape index (κ1) is 26.4. The number of hydrogen-bond donors (Lipinski definition) is 1. The zero-order valence-corrected chi connectivity index (χ0v) is 22.4. The van der Waals surface area contributed by atoms with E-state index in [1.807, 2.05) is 44.2 Å². The number of aliphatic hydroxyl groups excluding tert-OH is 1. The molecule has 1 N–H and O–H groups in total. The molecule has 204 valence electrons. The van der Waals surface area contributed by atoms with Gasteiger partial charge in [0.25, 0.3) is 5.91 Å². The van der Waals surface area contributed by atoms with Crippen molar-refractivity contribution in [1.82, 2.24) is 4.90 Å². The Morgan fingerprint density at radius 1 is 1.08 bits per heavy atom. The molecule has 9 heteroatoms. The molecule has 1 spiro atoms. The van der Waals surface area contributed by atoms with E-state index in [2.05, 4.69) is 18.7 Å². The molecule has 0 aromatic heterocycles. The Balaban J connectivity index is 1.59. The van der Waals surface area contributed by atoms with Crippen LogP contribution in [0.1, 0.15) is 27.7 Å². The number of rotatable bonds is 7. The number of carbonyl (C=O) groups excluding carboxylic acids is 3. The van der Waals surface area contributed by atoms with Crippen molar-refractivity contribution in [3.05, 3.63) is 48.6 Å². The highest BCUT2D eigenvalue weighted by atomic mass is 16.6. The first-order valence-electron chi connectivity index (χ1n) is 13.6. The lowest BCUT2D eigenvalue weighted by Crippen LogP contribution is -2.59. The predicted molar refractivity (Wildman–Crippen MR) is 143 cm³/mol. The molecule has 5 rings (SSSR count). The van der Waals surface area contributed by atoms with E-state index in [1.165, 1.54) is 4.90 Å². The van der Waals surface area contributed by atoms with Gasteiger partial charge in [-0.05, 0) is 50.1 Å². The molecule has 4 heterocycles. The number of likely N-dealkylation sites (tertiary alicyclic amines) is 1. The number of anilines is 2. The average molecular weight is 524 g/mol. The summed E-state index contributed by atoms with van der Waals surface area (Å²) >= 11 is 0. The minimum atomic E-state index is -1.34. The molecule has 2 saturated heterocycles. The zero-order valence-electron chi connectivity index (χ0n) is 22.4. The second-order valence-electron chi connectivity index (χ2n) is 10.7. The summed E-state index contributed by atoms with van der Waals surface area (Å²) in [6.45, 7) is 9.85. The van der Waals surface area contributed by atoms with E-state index >= 15 is 0 Å². The van der Waals surface area contributed by atoms with Crippen molar-refractivity contribution in [3.8, 4) is 0 Å². The van der Waals surface area contributed by atoms with Gasteiger partial charge in [0.05, 0.1) is 24.7 Å². The number of hydrogen-bond acceptors (Lipinski definition) is 7. The fourth-order valence-corrected chi connectivity index (χ4v) is 6.55. The minimum absolute atomic E-state index is 0.119. The Bertz CT molecular complexity index is 1140. The monoisotopic (exact) mass is 523 g/mol. The summed E-state index contributed by atoms with van der Waals surface area (Å²) in [6, 6.07) is 6.18. The summed E-state index contributed by atoms with van der Waals surface area (Å²) in [5, 5.41) is 10.3. The number of esters is 1. The fraction of sp³-hybridized carbons (Fsp3) is 0.552. The van der Waals surface area contributed by atoms with Crippen molar-refractivity contribution in [2.45, 2.75) is 51.5 Å². The molecule has 0 radical (unpaired) electrons. The third-order valence-corrected chi connectivity index (χ3v) is 8.46. The van der Waals surface area contributed by atoms with Crippen molar-refractivity contribution < 1.29 is 29.0 Å². The van der Waals surface area contributed by atoms with E-state index in [1.54, 1.807) is 23.1 Å². The van der Waals surface area contributed by atoms with Gasteiger partial charge in [0.1, 0.15) is 24.2 Å². The lowest BCUT2D eigenvalue weighted by molar-refractivity contribution is -0.154. The maximum atomic E-state index is 14.4. The highest BCUT2D eigenvalue weighted by Crippen LogP contribution is 2.54. The van der Waals surface area contributed by atoms with Gasteiger partial charge in [0.2, 0.25) is 5.91 Å². The minimum Gasteiger partial charge on any atom is -0.461 e. The van der Waals surface area contributed by atoms with Crippen LogP contribution in [-0.4, -0.2) is 84.4 Å². The fourth-order valence-electron chi connectivity index (χ4n) is 6.55. The summed E-state index contributed by atoms with van der Waals surface area (Å²) in [5.74, 6) is -3.08. The van der Waals surface area contributed by atoms with E-state index < -0.39 is 41.6 Å². The van der Waals surface area contributed by atoms with Gasteiger partial charge in [-0.1, -0.05) is 32.1 Å². The van der Waals surface area contributed by atoms with Crippen molar-refractivity contribution in [3.63, 3.8) is 0 Å². The third kappa shape index (κ3) is 3.94. The van der Waals surface area contributed by atoms with Gasteiger partial charge in [0, 0.05) is 31.0 Å². The number of cyclic esters (lactones) is 1. The van der Waals surface area contributed by atoms with Gasteiger partial charge >= 0.3 is 5.97 Å². The van der Waals surface area contributed by atoms with Crippen LogP contribution in [0.2, 0.25) is 0 Å². The molecule has 4 aliphatic rings. The van der Waals surface area contributed by atoms with Gasteiger partial charge < -0.3 is 29.3 Å². The summed E-state index contributed by atoms with van der Waals surface area (Å²) < 4.78 is 11.9. The predicted octanol–water partition coefficient (Wildman–Crippen LogP) is 2.15. The van der Waals surface area contributed by atoms with Gasteiger partial charge in [-0.15, -0.1) is 0 Å². The molecule has 1 aromatic rings. The number of fused-ring (bicyclic) bond motifs is 2. The van der Waals surface area contributed by atoms with Gasteiger partial charge in [-0.3, -0.25) is 14.4 Å². The van der Waals surface area contributed by atoms with Crippen LogP contribution in [0.25, 0.3) is 0 Å². The second kappa shape index (κ2) is 10.2. The number of ether oxygens (including phenoxy) is 2. The number of amides is 2. The van der Waals surface area contributed by atoms with Crippen LogP contribution >= 0.6 is 0 Å². The molecule has 0 bridgehead atoms. The molecular weight excluding hydrogens is 486 g/mol. The maximum absolute atomic E-state index is 14.4. The first-order valence-corrected chi connectivity index (χ1v) is 13.6.